The summed E-state index contributed by atoms with van der Waals surface area (Å²) in [6, 6.07) is 19.5. The number of hydrazone groups is 1. The summed E-state index contributed by atoms with van der Waals surface area (Å²) in [6.45, 7) is 2.33. The zero-order valence-electron chi connectivity index (χ0n) is 19.4. The van der Waals surface area contributed by atoms with E-state index in [1.54, 1.807) is 49.4 Å². The summed E-state index contributed by atoms with van der Waals surface area (Å²) in [5.74, 6) is -1.01. The molecule has 0 bridgehead atoms. The average molecular weight is 510 g/mol. The zero-order valence-corrected chi connectivity index (χ0v) is 20.2. The maximum Gasteiger partial charge on any atom is 0.289 e. The molecule has 0 aliphatic heterocycles. The Morgan fingerprint density at radius 1 is 0.972 bits per heavy atom. The molecule has 0 heterocycles. The van der Waals surface area contributed by atoms with Crippen LogP contribution in [0.25, 0.3) is 0 Å². The third-order valence-electron chi connectivity index (χ3n) is 4.91. The second kappa shape index (κ2) is 11.2. The molecule has 36 heavy (non-hydrogen) atoms. The van der Waals surface area contributed by atoms with Crippen molar-refractivity contribution in [3.8, 4) is 0 Å². The van der Waals surface area contributed by atoms with Gasteiger partial charge in [0.1, 0.15) is 6.54 Å². The van der Waals surface area contributed by atoms with E-state index >= 15 is 0 Å². The highest BCUT2D eigenvalue weighted by Gasteiger charge is 2.33. The van der Waals surface area contributed by atoms with Gasteiger partial charge >= 0.3 is 0 Å². The number of amides is 2. The number of benzene rings is 3. The third-order valence-corrected chi connectivity index (χ3v) is 6.73. The first-order valence-electron chi connectivity index (χ1n) is 10.6. The Kier molecular flexibility index (Phi) is 8.12. The van der Waals surface area contributed by atoms with E-state index in [0.717, 1.165) is 16.4 Å². The van der Waals surface area contributed by atoms with E-state index in [1.165, 1.54) is 31.2 Å². The number of nitrogens with zero attached hydrogens (tertiary/aromatic N) is 3. The monoisotopic (exact) mass is 509 g/mol. The number of nitro benzene ring substituents is 1. The van der Waals surface area contributed by atoms with Crippen LogP contribution >= 0.6 is 0 Å². The number of rotatable bonds is 9. The number of para-hydroxylation sites is 2. The molecule has 0 atom stereocenters. The van der Waals surface area contributed by atoms with Crippen LogP contribution in [0.5, 0.6) is 0 Å². The largest absolute Gasteiger partial charge is 0.326 e. The van der Waals surface area contributed by atoms with Crippen LogP contribution in [-0.2, 0) is 19.6 Å². The zero-order chi connectivity index (χ0) is 26.3. The van der Waals surface area contributed by atoms with Crippen molar-refractivity contribution in [3.63, 3.8) is 0 Å². The van der Waals surface area contributed by atoms with E-state index in [0.29, 0.717) is 17.0 Å². The molecular formula is C24H23N5O6S. The van der Waals surface area contributed by atoms with Gasteiger partial charge in [0.05, 0.1) is 16.3 Å². The summed E-state index contributed by atoms with van der Waals surface area (Å²) in [4.78, 5) is 34.2. The fraction of sp³-hybridized carbons (Fsp3) is 0.125. The molecule has 0 fully saturated rings. The highest BCUT2D eigenvalue weighted by Crippen LogP contribution is 2.29. The Bertz CT molecular complexity index is 1420. The van der Waals surface area contributed by atoms with E-state index < -0.39 is 38.0 Å². The number of sulfonamides is 1. The second-order valence-electron chi connectivity index (χ2n) is 7.57. The molecule has 0 saturated carbocycles. The average Bonchev–Trinajstić information content (AvgIpc) is 2.86. The highest BCUT2D eigenvalue weighted by molar-refractivity contribution is 7.93. The van der Waals surface area contributed by atoms with E-state index in [4.69, 9.17) is 0 Å². The van der Waals surface area contributed by atoms with Crippen molar-refractivity contribution in [3.05, 3.63) is 94.5 Å². The van der Waals surface area contributed by atoms with E-state index in [1.807, 2.05) is 0 Å². The summed E-state index contributed by atoms with van der Waals surface area (Å²) in [7, 11) is -4.49. The van der Waals surface area contributed by atoms with Crippen molar-refractivity contribution in [1.29, 1.82) is 0 Å². The lowest BCUT2D eigenvalue weighted by Crippen LogP contribution is -2.40. The minimum Gasteiger partial charge on any atom is -0.326 e. The van der Waals surface area contributed by atoms with E-state index in [9.17, 15) is 28.1 Å². The molecule has 0 radical (unpaired) electrons. The molecular weight excluding hydrogens is 486 g/mol. The van der Waals surface area contributed by atoms with Gasteiger partial charge in [0.25, 0.3) is 21.6 Å². The Balaban J connectivity index is 1.88. The lowest BCUT2D eigenvalue weighted by Gasteiger charge is -2.23. The number of hydrogen-bond donors (Lipinski definition) is 2. The van der Waals surface area contributed by atoms with Gasteiger partial charge < -0.3 is 5.32 Å². The standard InChI is InChI=1S/C24H23N5O6S/c1-17(19-9-8-10-20(15-19)25-18(2)30)26-27-24(31)16-28(21-11-4-3-5-12-21)36(34,35)23-14-7-6-13-22(23)29(32)33/h3-15H,16H2,1-2H3,(H,25,30)(H,27,31)/b26-17-. The molecule has 3 aromatic carbocycles. The van der Waals surface area contributed by atoms with Crippen molar-refractivity contribution in [2.75, 3.05) is 16.2 Å². The number of nitrogens with one attached hydrogen (secondary N) is 2. The Morgan fingerprint density at radius 3 is 2.31 bits per heavy atom. The minimum absolute atomic E-state index is 0.148. The first kappa shape index (κ1) is 26.0. The molecule has 3 aromatic rings. The van der Waals surface area contributed by atoms with Crippen LogP contribution in [0.4, 0.5) is 17.1 Å². The number of anilines is 2. The number of nitro groups is 1. The van der Waals surface area contributed by atoms with Crippen molar-refractivity contribution < 1.29 is 22.9 Å². The second-order valence-corrected chi connectivity index (χ2v) is 9.40. The highest BCUT2D eigenvalue weighted by atomic mass is 32.2. The molecule has 0 aromatic heterocycles. The molecule has 0 unspecified atom stereocenters. The summed E-state index contributed by atoms with van der Waals surface area (Å²) >= 11 is 0. The summed E-state index contributed by atoms with van der Waals surface area (Å²) in [6.07, 6.45) is 0. The first-order chi connectivity index (χ1) is 17.1. The van der Waals surface area contributed by atoms with Gasteiger partial charge in [0, 0.05) is 18.7 Å². The van der Waals surface area contributed by atoms with Crippen LogP contribution in [-0.4, -0.2) is 37.4 Å². The van der Waals surface area contributed by atoms with Crippen LogP contribution in [0.15, 0.2) is 88.9 Å². The molecule has 12 heteroatoms. The van der Waals surface area contributed by atoms with Crippen molar-refractivity contribution >= 4 is 44.6 Å². The molecule has 3 rings (SSSR count). The van der Waals surface area contributed by atoms with Gasteiger partial charge in [-0.3, -0.25) is 24.0 Å². The maximum absolute atomic E-state index is 13.4. The van der Waals surface area contributed by atoms with Crippen LogP contribution in [0, 0.1) is 10.1 Å². The molecule has 11 nitrogen and oxygen atoms in total. The van der Waals surface area contributed by atoms with Gasteiger partial charge in [-0.2, -0.15) is 5.10 Å². The summed E-state index contributed by atoms with van der Waals surface area (Å²) < 4.78 is 27.7. The first-order valence-corrected chi connectivity index (χ1v) is 12.1. The van der Waals surface area contributed by atoms with Crippen molar-refractivity contribution in [1.82, 2.24) is 5.43 Å². The Hall–Kier alpha value is -4.58. The fourth-order valence-corrected chi connectivity index (χ4v) is 4.84. The van der Waals surface area contributed by atoms with Gasteiger partial charge in [-0.25, -0.2) is 13.8 Å². The predicted molar refractivity (Wildman–Crippen MR) is 135 cm³/mol. The predicted octanol–water partition coefficient (Wildman–Crippen LogP) is 3.29. The lowest BCUT2D eigenvalue weighted by molar-refractivity contribution is -0.387. The lowest BCUT2D eigenvalue weighted by atomic mass is 10.1. The normalized spacial score (nSPS) is 11.4. The van der Waals surface area contributed by atoms with Gasteiger partial charge in [-0.1, -0.05) is 42.5 Å². The summed E-state index contributed by atoms with van der Waals surface area (Å²) in [5, 5.41) is 18.1. The van der Waals surface area contributed by atoms with Gasteiger partial charge in [-0.05, 0) is 42.8 Å². The molecule has 2 amide bonds. The SMILES string of the molecule is CC(=O)Nc1cccc(/C(C)=N\NC(=O)CN(c2ccccc2)S(=O)(=O)c2ccccc2[N+](=O)[O-])c1. The fourth-order valence-electron chi connectivity index (χ4n) is 3.26. The molecule has 0 aliphatic rings. The minimum atomic E-state index is -4.49. The molecule has 0 saturated heterocycles. The van der Waals surface area contributed by atoms with Gasteiger partial charge in [-0.15, -0.1) is 0 Å². The topological polar surface area (TPSA) is 151 Å². The maximum atomic E-state index is 13.4. The number of hydrogen-bond acceptors (Lipinski definition) is 7. The van der Waals surface area contributed by atoms with Gasteiger partial charge in [0.2, 0.25) is 5.91 Å². The van der Waals surface area contributed by atoms with Crippen molar-refractivity contribution in [2.45, 2.75) is 18.7 Å². The molecule has 2 N–H and O–H groups in total. The molecule has 186 valence electrons. The Labute approximate surface area is 207 Å². The van der Waals surface area contributed by atoms with E-state index in [2.05, 4.69) is 15.8 Å². The van der Waals surface area contributed by atoms with Crippen LogP contribution < -0.4 is 15.0 Å². The van der Waals surface area contributed by atoms with Crippen molar-refractivity contribution in [2.24, 2.45) is 5.10 Å². The number of carbonyl (C=O) groups excluding carboxylic acids is 2. The van der Waals surface area contributed by atoms with Crippen LogP contribution in [0.1, 0.15) is 19.4 Å². The Morgan fingerprint density at radius 2 is 1.64 bits per heavy atom. The third kappa shape index (κ3) is 6.30. The summed E-state index contributed by atoms with van der Waals surface area (Å²) in [5.41, 5.74) is 3.44. The number of carbonyl (C=O) groups is 2. The quantitative estimate of drug-likeness (QED) is 0.257. The molecule has 0 aliphatic carbocycles. The van der Waals surface area contributed by atoms with Crippen LogP contribution in [0.2, 0.25) is 0 Å². The smallest absolute Gasteiger partial charge is 0.289 e. The van der Waals surface area contributed by atoms with Crippen LogP contribution in [0.3, 0.4) is 0 Å². The molecule has 0 spiro atoms. The van der Waals surface area contributed by atoms with E-state index in [-0.39, 0.29) is 11.6 Å². The van der Waals surface area contributed by atoms with Gasteiger partial charge in [0.15, 0.2) is 4.90 Å².